The molecule has 1 saturated carbocycles. The fourth-order valence-corrected chi connectivity index (χ4v) is 4.72. The molecule has 0 radical (unpaired) electrons. The van der Waals surface area contributed by atoms with Crippen LogP contribution in [0.5, 0.6) is 0 Å². The predicted octanol–water partition coefficient (Wildman–Crippen LogP) is 4.06. The van der Waals surface area contributed by atoms with E-state index in [9.17, 15) is 4.79 Å². The molecule has 2 atom stereocenters. The monoisotopic (exact) mass is 336 g/mol. The van der Waals surface area contributed by atoms with Crippen LogP contribution in [0.4, 0.5) is 0 Å². The van der Waals surface area contributed by atoms with Crippen LogP contribution in [0.1, 0.15) is 50.0 Å². The van der Waals surface area contributed by atoms with Crippen LogP contribution in [-0.2, 0) is 4.79 Å². The van der Waals surface area contributed by atoms with Gasteiger partial charge in [-0.3, -0.25) is 4.79 Å². The van der Waals surface area contributed by atoms with E-state index < -0.39 is 0 Å². The Bertz CT molecular complexity index is 743. The Hall–Kier alpha value is -1.87. The number of nitrogens with two attached hydrogens (primary N) is 1. The maximum Gasteiger partial charge on any atom is 0.222 e. The highest BCUT2D eigenvalue weighted by Crippen LogP contribution is 2.34. The number of benzene rings is 2. The lowest BCUT2D eigenvalue weighted by Crippen LogP contribution is -2.40. The average Bonchev–Trinajstić information content (AvgIpc) is 3.06. The number of hydrogen-bond acceptors (Lipinski definition) is 2. The van der Waals surface area contributed by atoms with E-state index in [4.69, 9.17) is 5.73 Å². The summed E-state index contributed by atoms with van der Waals surface area (Å²) < 4.78 is 0. The van der Waals surface area contributed by atoms with Gasteiger partial charge in [-0.2, -0.15) is 0 Å². The minimum atomic E-state index is 0.233. The van der Waals surface area contributed by atoms with Crippen molar-refractivity contribution in [3.63, 3.8) is 0 Å². The molecule has 0 aromatic heterocycles. The van der Waals surface area contributed by atoms with E-state index >= 15 is 0 Å². The Morgan fingerprint density at radius 3 is 2.52 bits per heavy atom. The van der Waals surface area contributed by atoms with Gasteiger partial charge in [-0.25, -0.2) is 0 Å². The largest absolute Gasteiger partial charge is 0.343 e. The topological polar surface area (TPSA) is 46.3 Å². The molecule has 2 aromatic carbocycles. The first-order valence-electron chi connectivity index (χ1n) is 9.73. The molecule has 2 fully saturated rings. The van der Waals surface area contributed by atoms with Gasteiger partial charge < -0.3 is 10.6 Å². The average molecular weight is 336 g/mol. The number of fused-ring (bicyclic) bond motifs is 1. The fourth-order valence-electron chi connectivity index (χ4n) is 4.72. The summed E-state index contributed by atoms with van der Waals surface area (Å²) in [6.07, 6.45) is 6.18. The van der Waals surface area contributed by atoms with Crippen LogP contribution in [0.2, 0.25) is 0 Å². The third-order valence-corrected chi connectivity index (χ3v) is 6.27. The zero-order valence-electron chi connectivity index (χ0n) is 14.9. The predicted molar refractivity (Wildman–Crippen MR) is 102 cm³/mol. The lowest BCUT2D eigenvalue weighted by Gasteiger charge is -2.33. The SMILES string of the molecule is N[C@@H]1CCC[C@H]1CC(=O)N1CCC(c2cccc3ccccc23)CC1. The van der Waals surface area contributed by atoms with Gasteiger partial charge in [0.15, 0.2) is 0 Å². The van der Waals surface area contributed by atoms with Crippen molar-refractivity contribution >= 4 is 16.7 Å². The van der Waals surface area contributed by atoms with Gasteiger partial charge in [0.2, 0.25) is 5.91 Å². The number of carbonyl (C=O) groups excluding carboxylic acids is 1. The third kappa shape index (κ3) is 3.43. The quantitative estimate of drug-likeness (QED) is 0.918. The van der Waals surface area contributed by atoms with Crippen molar-refractivity contribution < 1.29 is 4.79 Å². The zero-order valence-corrected chi connectivity index (χ0v) is 14.9. The fraction of sp³-hybridized carbons (Fsp3) is 0.500. The van der Waals surface area contributed by atoms with Gasteiger partial charge >= 0.3 is 0 Å². The normalized spacial score (nSPS) is 24.8. The van der Waals surface area contributed by atoms with E-state index in [1.807, 2.05) is 0 Å². The Morgan fingerprint density at radius 2 is 1.76 bits per heavy atom. The summed E-state index contributed by atoms with van der Waals surface area (Å²) in [5.41, 5.74) is 7.58. The standard InChI is InChI=1S/C22H28N2O/c23-21-10-4-7-18(21)15-22(25)24-13-11-17(12-14-24)20-9-3-6-16-5-1-2-8-19(16)20/h1-3,5-6,8-9,17-18,21H,4,7,10-15,23H2/t18-,21+/m0/s1. The molecule has 2 aromatic rings. The van der Waals surface area contributed by atoms with Gasteiger partial charge in [0.25, 0.3) is 0 Å². The van der Waals surface area contributed by atoms with E-state index in [0.29, 0.717) is 24.2 Å². The van der Waals surface area contributed by atoms with Gasteiger partial charge in [0.1, 0.15) is 0 Å². The summed E-state index contributed by atoms with van der Waals surface area (Å²) in [6.45, 7) is 1.77. The number of carbonyl (C=O) groups is 1. The minimum Gasteiger partial charge on any atom is -0.343 e. The van der Waals surface area contributed by atoms with Gasteiger partial charge in [-0.15, -0.1) is 0 Å². The summed E-state index contributed by atoms with van der Waals surface area (Å²) in [5, 5.41) is 2.68. The Labute approximate surface area is 150 Å². The van der Waals surface area contributed by atoms with Crippen molar-refractivity contribution in [1.82, 2.24) is 4.90 Å². The number of nitrogens with zero attached hydrogens (tertiary/aromatic N) is 1. The van der Waals surface area contributed by atoms with E-state index in [1.54, 1.807) is 0 Å². The number of likely N-dealkylation sites (tertiary alicyclic amines) is 1. The highest BCUT2D eigenvalue weighted by molar-refractivity contribution is 5.86. The number of hydrogen-bond donors (Lipinski definition) is 1. The van der Waals surface area contributed by atoms with Crippen LogP contribution >= 0.6 is 0 Å². The minimum absolute atomic E-state index is 0.233. The van der Waals surface area contributed by atoms with Crippen molar-refractivity contribution in [2.45, 2.75) is 50.5 Å². The van der Waals surface area contributed by atoms with Crippen molar-refractivity contribution in [2.24, 2.45) is 11.7 Å². The molecule has 132 valence electrons. The Morgan fingerprint density at radius 1 is 1.00 bits per heavy atom. The first-order valence-corrected chi connectivity index (χ1v) is 9.73. The molecule has 1 amide bonds. The van der Waals surface area contributed by atoms with Crippen LogP contribution in [0.25, 0.3) is 10.8 Å². The summed E-state index contributed by atoms with van der Waals surface area (Å²) in [7, 11) is 0. The first-order chi connectivity index (χ1) is 12.2. The molecule has 0 bridgehead atoms. The van der Waals surface area contributed by atoms with Crippen LogP contribution < -0.4 is 5.73 Å². The second kappa shape index (κ2) is 7.17. The molecular formula is C22H28N2O. The van der Waals surface area contributed by atoms with Crippen LogP contribution in [0, 0.1) is 5.92 Å². The van der Waals surface area contributed by atoms with E-state index in [-0.39, 0.29) is 6.04 Å². The summed E-state index contributed by atoms with van der Waals surface area (Å²) in [6, 6.07) is 15.5. The molecule has 4 rings (SSSR count). The Balaban J connectivity index is 1.40. The molecule has 1 saturated heterocycles. The first kappa shape index (κ1) is 16.6. The maximum atomic E-state index is 12.6. The highest BCUT2D eigenvalue weighted by Gasteiger charge is 2.30. The molecule has 3 heteroatoms. The number of rotatable bonds is 3. The molecule has 0 unspecified atom stereocenters. The van der Waals surface area contributed by atoms with Gasteiger partial charge in [0, 0.05) is 25.6 Å². The number of amides is 1. The van der Waals surface area contributed by atoms with E-state index in [1.165, 1.54) is 22.8 Å². The van der Waals surface area contributed by atoms with Crippen LogP contribution in [0.15, 0.2) is 42.5 Å². The van der Waals surface area contributed by atoms with Crippen molar-refractivity contribution in [1.29, 1.82) is 0 Å². The zero-order chi connectivity index (χ0) is 17.2. The molecular weight excluding hydrogens is 308 g/mol. The van der Waals surface area contributed by atoms with Gasteiger partial charge in [-0.05, 0) is 53.9 Å². The Kier molecular flexibility index (Phi) is 4.76. The summed E-state index contributed by atoms with van der Waals surface area (Å²) in [5.74, 6) is 1.28. The molecule has 25 heavy (non-hydrogen) atoms. The van der Waals surface area contributed by atoms with Crippen molar-refractivity contribution in [3.8, 4) is 0 Å². The molecule has 2 aliphatic rings. The second-order valence-electron chi connectivity index (χ2n) is 7.78. The highest BCUT2D eigenvalue weighted by atomic mass is 16.2. The molecule has 2 N–H and O–H groups in total. The second-order valence-corrected chi connectivity index (χ2v) is 7.78. The third-order valence-electron chi connectivity index (χ3n) is 6.27. The molecule has 1 heterocycles. The van der Waals surface area contributed by atoms with E-state index in [0.717, 1.165) is 38.8 Å². The van der Waals surface area contributed by atoms with Crippen LogP contribution in [0.3, 0.4) is 0 Å². The van der Waals surface area contributed by atoms with Crippen molar-refractivity contribution in [2.75, 3.05) is 13.1 Å². The maximum absolute atomic E-state index is 12.6. The van der Waals surface area contributed by atoms with Crippen molar-refractivity contribution in [3.05, 3.63) is 48.0 Å². The van der Waals surface area contributed by atoms with Gasteiger partial charge in [-0.1, -0.05) is 48.9 Å². The lowest BCUT2D eigenvalue weighted by molar-refractivity contribution is -0.133. The number of piperidine rings is 1. The molecule has 1 aliphatic carbocycles. The van der Waals surface area contributed by atoms with Crippen LogP contribution in [-0.4, -0.2) is 29.9 Å². The summed E-state index contributed by atoms with van der Waals surface area (Å²) in [4.78, 5) is 14.7. The lowest BCUT2D eigenvalue weighted by atomic mass is 9.86. The molecule has 1 aliphatic heterocycles. The van der Waals surface area contributed by atoms with Gasteiger partial charge in [0.05, 0.1) is 0 Å². The summed E-state index contributed by atoms with van der Waals surface area (Å²) >= 11 is 0. The van der Waals surface area contributed by atoms with E-state index in [2.05, 4.69) is 47.4 Å². The smallest absolute Gasteiger partial charge is 0.222 e. The molecule has 0 spiro atoms. The molecule has 3 nitrogen and oxygen atoms in total.